The highest BCUT2D eigenvalue weighted by atomic mass is 14.2. The summed E-state index contributed by atoms with van der Waals surface area (Å²) in [5, 5.41) is 15.5. The van der Waals surface area contributed by atoms with Crippen molar-refractivity contribution in [1.82, 2.24) is 0 Å². The van der Waals surface area contributed by atoms with Crippen LogP contribution in [-0.2, 0) is 0 Å². The number of benzene rings is 10. The van der Waals surface area contributed by atoms with Gasteiger partial charge in [-0.1, -0.05) is 158 Å². The molecule has 0 N–H and O–H groups in total. The Morgan fingerprint density at radius 2 is 0.562 bits per heavy atom. The van der Waals surface area contributed by atoms with Crippen molar-refractivity contribution in [2.24, 2.45) is 0 Å². The molecule has 0 atom stereocenters. The zero-order chi connectivity index (χ0) is 31.6. The van der Waals surface area contributed by atoms with Crippen LogP contribution in [0.25, 0.3) is 98.0 Å². The topological polar surface area (TPSA) is 0 Å². The standard InChI is InChI=1S/C48H30/c1-2-9-35-27-36(18-17-31(35)7-1)32-13-15-33(16-14-32)37-19-20-39-29-40(22-21-38(39)28-37)41-24-26-46-47(30-41)44-12-6-5-11-43(44)45-25-23-34-8-3-4-10-42(34)48(45)46/h1-30H. The molecule has 0 bridgehead atoms. The molecule has 222 valence electrons. The third-order valence-electron chi connectivity index (χ3n) is 10.2. The van der Waals surface area contributed by atoms with Gasteiger partial charge in [-0.15, -0.1) is 0 Å². The van der Waals surface area contributed by atoms with Crippen LogP contribution in [0.2, 0.25) is 0 Å². The number of hydrogen-bond acceptors (Lipinski definition) is 0. The lowest BCUT2D eigenvalue weighted by Gasteiger charge is -2.14. The van der Waals surface area contributed by atoms with Crippen LogP contribution in [0.3, 0.4) is 0 Å². The molecule has 0 aliphatic heterocycles. The van der Waals surface area contributed by atoms with Gasteiger partial charge >= 0.3 is 0 Å². The monoisotopic (exact) mass is 606 g/mol. The van der Waals surface area contributed by atoms with E-state index in [2.05, 4.69) is 182 Å². The van der Waals surface area contributed by atoms with Crippen molar-refractivity contribution in [2.75, 3.05) is 0 Å². The van der Waals surface area contributed by atoms with E-state index in [-0.39, 0.29) is 0 Å². The Hall–Kier alpha value is -6.24. The van der Waals surface area contributed by atoms with Crippen LogP contribution in [0.4, 0.5) is 0 Å². The van der Waals surface area contributed by atoms with Crippen LogP contribution < -0.4 is 0 Å². The van der Waals surface area contributed by atoms with E-state index in [9.17, 15) is 0 Å². The van der Waals surface area contributed by atoms with E-state index >= 15 is 0 Å². The van der Waals surface area contributed by atoms with E-state index < -0.39 is 0 Å². The summed E-state index contributed by atoms with van der Waals surface area (Å²) in [4.78, 5) is 0. The molecule has 10 rings (SSSR count). The van der Waals surface area contributed by atoms with Crippen LogP contribution in [0.15, 0.2) is 182 Å². The second-order valence-corrected chi connectivity index (χ2v) is 12.9. The van der Waals surface area contributed by atoms with Gasteiger partial charge in [-0.2, -0.15) is 0 Å². The average molecular weight is 607 g/mol. The number of fused-ring (bicyclic) bond motifs is 10. The van der Waals surface area contributed by atoms with Gasteiger partial charge in [0.25, 0.3) is 0 Å². The molecule has 0 saturated heterocycles. The SMILES string of the molecule is c1ccc2cc(-c3ccc(-c4ccc5cc(-c6ccc7c(c6)c6ccccc6c6ccc8ccccc8c67)ccc5c4)cc3)ccc2c1. The minimum absolute atomic E-state index is 1.23. The van der Waals surface area contributed by atoms with Crippen LogP contribution in [0.5, 0.6) is 0 Å². The van der Waals surface area contributed by atoms with Crippen LogP contribution in [-0.4, -0.2) is 0 Å². The van der Waals surface area contributed by atoms with E-state index in [0.29, 0.717) is 0 Å². The predicted octanol–water partition coefficient (Wildman–Crippen LogP) is 13.6. The third kappa shape index (κ3) is 4.31. The lowest BCUT2D eigenvalue weighted by Crippen LogP contribution is -1.87. The second kappa shape index (κ2) is 10.7. The molecule has 0 aliphatic rings. The van der Waals surface area contributed by atoms with E-state index in [1.807, 2.05) is 0 Å². The van der Waals surface area contributed by atoms with Gasteiger partial charge < -0.3 is 0 Å². The van der Waals surface area contributed by atoms with Gasteiger partial charge in [0.2, 0.25) is 0 Å². The van der Waals surface area contributed by atoms with Crippen molar-refractivity contribution in [2.45, 2.75) is 0 Å². The predicted molar refractivity (Wildman–Crippen MR) is 208 cm³/mol. The van der Waals surface area contributed by atoms with Gasteiger partial charge in [-0.3, -0.25) is 0 Å². The fourth-order valence-electron chi connectivity index (χ4n) is 7.73. The van der Waals surface area contributed by atoms with E-state index in [4.69, 9.17) is 0 Å². The van der Waals surface area contributed by atoms with Crippen LogP contribution in [0.1, 0.15) is 0 Å². The maximum absolute atomic E-state index is 2.39. The Morgan fingerprint density at radius 1 is 0.188 bits per heavy atom. The minimum atomic E-state index is 1.23. The molecule has 0 spiro atoms. The van der Waals surface area contributed by atoms with Gasteiger partial charge in [0.15, 0.2) is 0 Å². The van der Waals surface area contributed by atoms with Crippen molar-refractivity contribution in [3.63, 3.8) is 0 Å². The molecule has 10 aromatic rings. The van der Waals surface area contributed by atoms with Gasteiger partial charge in [0, 0.05) is 0 Å². The fraction of sp³-hybridized carbons (Fsp3) is 0. The highest BCUT2D eigenvalue weighted by Crippen LogP contribution is 2.41. The van der Waals surface area contributed by atoms with Crippen molar-refractivity contribution < 1.29 is 0 Å². The van der Waals surface area contributed by atoms with Crippen LogP contribution in [0, 0.1) is 0 Å². The summed E-state index contributed by atoms with van der Waals surface area (Å²) in [6.45, 7) is 0. The first kappa shape index (κ1) is 26.9. The highest BCUT2D eigenvalue weighted by molar-refractivity contribution is 6.31. The molecule has 0 amide bonds. The van der Waals surface area contributed by atoms with Gasteiger partial charge in [0.05, 0.1) is 0 Å². The van der Waals surface area contributed by atoms with Crippen molar-refractivity contribution >= 4 is 64.6 Å². The van der Waals surface area contributed by atoms with Gasteiger partial charge in [-0.05, 0) is 122 Å². The van der Waals surface area contributed by atoms with Crippen molar-refractivity contribution in [3.05, 3.63) is 182 Å². The second-order valence-electron chi connectivity index (χ2n) is 12.9. The lowest BCUT2D eigenvalue weighted by atomic mass is 9.89. The highest BCUT2D eigenvalue weighted by Gasteiger charge is 2.13. The molecule has 0 radical (unpaired) electrons. The van der Waals surface area contributed by atoms with Gasteiger partial charge in [0.1, 0.15) is 0 Å². The Morgan fingerprint density at radius 3 is 1.23 bits per heavy atom. The van der Waals surface area contributed by atoms with Crippen molar-refractivity contribution in [3.8, 4) is 33.4 Å². The summed E-state index contributed by atoms with van der Waals surface area (Å²) in [7, 11) is 0. The summed E-state index contributed by atoms with van der Waals surface area (Å²) >= 11 is 0. The Kier molecular flexibility index (Phi) is 5.98. The van der Waals surface area contributed by atoms with E-state index in [0.717, 1.165) is 0 Å². The first-order valence-electron chi connectivity index (χ1n) is 16.7. The van der Waals surface area contributed by atoms with E-state index in [1.54, 1.807) is 0 Å². The molecule has 0 unspecified atom stereocenters. The average Bonchev–Trinajstić information content (AvgIpc) is 3.17. The zero-order valence-electron chi connectivity index (χ0n) is 26.3. The number of hydrogen-bond donors (Lipinski definition) is 0. The molecule has 48 heavy (non-hydrogen) atoms. The lowest BCUT2D eigenvalue weighted by molar-refractivity contribution is 1.61. The maximum Gasteiger partial charge on any atom is -0.00204 e. The molecule has 0 nitrogen and oxygen atoms in total. The van der Waals surface area contributed by atoms with Crippen molar-refractivity contribution in [1.29, 1.82) is 0 Å². The first-order chi connectivity index (χ1) is 23.8. The molecule has 0 fully saturated rings. The summed E-state index contributed by atoms with van der Waals surface area (Å²) in [6, 6.07) is 67.1. The normalized spacial score (nSPS) is 11.8. The summed E-state index contributed by atoms with van der Waals surface area (Å²) < 4.78 is 0. The smallest absolute Gasteiger partial charge is 0.00204 e. The largest absolute Gasteiger partial charge is 0.0616 e. The number of rotatable bonds is 3. The summed E-state index contributed by atoms with van der Waals surface area (Å²) in [5.41, 5.74) is 7.42. The Bertz CT molecular complexity index is 2870. The Balaban J connectivity index is 1.03. The third-order valence-corrected chi connectivity index (χ3v) is 10.2. The van der Waals surface area contributed by atoms with Gasteiger partial charge in [-0.25, -0.2) is 0 Å². The molecule has 10 aromatic carbocycles. The fourth-order valence-corrected chi connectivity index (χ4v) is 7.73. The van der Waals surface area contributed by atoms with Crippen LogP contribution >= 0.6 is 0 Å². The molecule has 0 aromatic heterocycles. The summed E-state index contributed by atoms with van der Waals surface area (Å²) in [6.07, 6.45) is 0. The van der Waals surface area contributed by atoms with E-state index in [1.165, 1.54) is 98.0 Å². The summed E-state index contributed by atoms with van der Waals surface area (Å²) in [5.74, 6) is 0. The molecular weight excluding hydrogens is 577 g/mol. The molecule has 0 heteroatoms. The minimum Gasteiger partial charge on any atom is -0.0616 e. The molecular formula is C48H30. The Labute approximate surface area is 279 Å². The zero-order valence-corrected chi connectivity index (χ0v) is 26.3. The molecule has 0 saturated carbocycles. The molecule has 0 heterocycles. The maximum atomic E-state index is 2.39. The first-order valence-corrected chi connectivity index (χ1v) is 16.7. The quantitative estimate of drug-likeness (QED) is 0.176. The molecule has 0 aliphatic carbocycles.